The molecule has 0 aliphatic carbocycles. The molecule has 0 aliphatic rings. The van der Waals surface area contributed by atoms with Crippen molar-refractivity contribution in [2.45, 2.75) is 19.0 Å². The van der Waals surface area contributed by atoms with Gasteiger partial charge in [0.05, 0.1) is 10.0 Å². The second-order valence-electron chi connectivity index (χ2n) is 3.36. The lowest BCUT2D eigenvalue weighted by Crippen LogP contribution is -2.07. The molecule has 6 heteroatoms. The lowest BCUT2D eigenvalue weighted by atomic mass is 10.0. The zero-order chi connectivity index (χ0) is 12.3. The Labute approximate surface area is 99.4 Å². The number of alkyl halides is 3. The summed E-state index contributed by atoms with van der Waals surface area (Å²) in [6, 6.07) is 1.82. The SMILES string of the molecule is NCCCc1cc(C(F)(F)F)cc(Br)c1O. The largest absolute Gasteiger partial charge is 0.506 e. The van der Waals surface area contributed by atoms with Gasteiger partial charge in [-0.25, -0.2) is 0 Å². The molecule has 0 bridgehead atoms. The average Bonchev–Trinajstić information content (AvgIpc) is 2.18. The van der Waals surface area contributed by atoms with Gasteiger partial charge in [-0.3, -0.25) is 0 Å². The molecule has 90 valence electrons. The summed E-state index contributed by atoms with van der Waals surface area (Å²) in [5, 5.41) is 9.56. The molecule has 0 radical (unpaired) electrons. The lowest BCUT2D eigenvalue weighted by molar-refractivity contribution is -0.137. The number of aromatic hydroxyl groups is 1. The van der Waals surface area contributed by atoms with E-state index in [0.29, 0.717) is 19.4 Å². The van der Waals surface area contributed by atoms with Crippen molar-refractivity contribution in [3.05, 3.63) is 27.7 Å². The monoisotopic (exact) mass is 297 g/mol. The van der Waals surface area contributed by atoms with Crippen LogP contribution in [0.2, 0.25) is 0 Å². The summed E-state index contributed by atoms with van der Waals surface area (Å²) in [5.74, 6) is -0.151. The van der Waals surface area contributed by atoms with Crippen LogP contribution in [-0.2, 0) is 12.6 Å². The van der Waals surface area contributed by atoms with Crippen molar-refractivity contribution < 1.29 is 18.3 Å². The third-order valence-corrected chi connectivity index (χ3v) is 2.72. The third-order valence-electron chi connectivity index (χ3n) is 2.12. The minimum absolute atomic E-state index is 0.0503. The molecule has 0 saturated heterocycles. The van der Waals surface area contributed by atoms with E-state index in [4.69, 9.17) is 5.73 Å². The summed E-state index contributed by atoms with van der Waals surface area (Å²) in [5.41, 5.74) is 4.76. The summed E-state index contributed by atoms with van der Waals surface area (Å²) in [6.45, 7) is 0.368. The molecule has 0 aliphatic heterocycles. The number of benzene rings is 1. The van der Waals surface area contributed by atoms with Crippen LogP contribution in [0.15, 0.2) is 16.6 Å². The van der Waals surface area contributed by atoms with Gasteiger partial charge in [0.15, 0.2) is 0 Å². The van der Waals surface area contributed by atoms with E-state index in [1.165, 1.54) is 0 Å². The zero-order valence-corrected chi connectivity index (χ0v) is 9.90. The second kappa shape index (κ2) is 5.05. The molecule has 0 saturated carbocycles. The molecule has 3 N–H and O–H groups in total. The summed E-state index contributed by atoms with van der Waals surface area (Å²) >= 11 is 2.90. The van der Waals surface area contributed by atoms with Gasteiger partial charge in [0, 0.05) is 0 Å². The molecule has 2 nitrogen and oxygen atoms in total. The van der Waals surface area contributed by atoms with Crippen LogP contribution in [-0.4, -0.2) is 11.7 Å². The van der Waals surface area contributed by atoms with E-state index in [1.807, 2.05) is 0 Å². The van der Waals surface area contributed by atoms with Crippen molar-refractivity contribution in [1.29, 1.82) is 0 Å². The Kier molecular flexibility index (Phi) is 4.21. The van der Waals surface area contributed by atoms with Crippen molar-refractivity contribution in [1.82, 2.24) is 0 Å². The van der Waals surface area contributed by atoms with Crippen LogP contribution in [0.1, 0.15) is 17.5 Å². The number of rotatable bonds is 3. The van der Waals surface area contributed by atoms with E-state index >= 15 is 0 Å². The Hall–Kier alpha value is -0.750. The van der Waals surface area contributed by atoms with E-state index in [0.717, 1.165) is 12.1 Å². The number of aryl methyl sites for hydroxylation is 1. The first-order chi connectivity index (χ1) is 7.36. The standard InChI is InChI=1S/C10H11BrF3NO/c11-8-5-7(10(12,13)14)4-6(9(8)16)2-1-3-15/h4-5,16H,1-3,15H2. The fraction of sp³-hybridized carbons (Fsp3) is 0.400. The molecule has 1 aromatic carbocycles. The first-order valence-electron chi connectivity index (χ1n) is 4.65. The summed E-state index contributed by atoms with van der Waals surface area (Å²) in [4.78, 5) is 0. The Morgan fingerprint density at radius 2 is 1.94 bits per heavy atom. The van der Waals surface area contributed by atoms with E-state index in [9.17, 15) is 18.3 Å². The Morgan fingerprint density at radius 1 is 1.31 bits per heavy atom. The normalized spacial score (nSPS) is 11.8. The van der Waals surface area contributed by atoms with E-state index in [-0.39, 0.29) is 15.8 Å². The van der Waals surface area contributed by atoms with Crippen LogP contribution in [0.4, 0.5) is 13.2 Å². The molecule has 0 spiro atoms. The van der Waals surface area contributed by atoms with Crippen LogP contribution in [0.5, 0.6) is 5.75 Å². The highest BCUT2D eigenvalue weighted by Gasteiger charge is 2.31. The fourth-order valence-corrected chi connectivity index (χ4v) is 1.80. The van der Waals surface area contributed by atoms with Crippen LogP contribution in [0, 0.1) is 0 Å². The molecule has 0 unspecified atom stereocenters. The summed E-state index contributed by atoms with van der Waals surface area (Å²) in [6.07, 6.45) is -3.56. The molecular weight excluding hydrogens is 287 g/mol. The number of hydrogen-bond acceptors (Lipinski definition) is 2. The Balaban J connectivity index is 3.12. The molecule has 16 heavy (non-hydrogen) atoms. The molecule has 0 atom stereocenters. The highest BCUT2D eigenvalue weighted by atomic mass is 79.9. The predicted molar refractivity (Wildman–Crippen MR) is 58.2 cm³/mol. The number of halogens is 4. The fourth-order valence-electron chi connectivity index (χ4n) is 1.30. The smallest absolute Gasteiger partial charge is 0.416 e. The van der Waals surface area contributed by atoms with Crippen molar-refractivity contribution in [3.63, 3.8) is 0 Å². The van der Waals surface area contributed by atoms with Gasteiger partial charge in [-0.2, -0.15) is 13.2 Å². The van der Waals surface area contributed by atoms with Crippen molar-refractivity contribution in [3.8, 4) is 5.75 Å². The number of phenolic OH excluding ortho intramolecular Hbond substituents is 1. The molecule has 1 rings (SSSR count). The maximum atomic E-state index is 12.5. The van der Waals surface area contributed by atoms with Crippen molar-refractivity contribution >= 4 is 15.9 Å². The molecular formula is C10H11BrF3NO. The van der Waals surface area contributed by atoms with Crippen LogP contribution < -0.4 is 5.73 Å². The highest BCUT2D eigenvalue weighted by molar-refractivity contribution is 9.10. The zero-order valence-electron chi connectivity index (χ0n) is 8.31. The number of phenols is 1. The lowest BCUT2D eigenvalue weighted by Gasteiger charge is -2.12. The molecule has 0 amide bonds. The van der Waals surface area contributed by atoms with Gasteiger partial charge in [0.25, 0.3) is 0 Å². The van der Waals surface area contributed by atoms with Gasteiger partial charge in [0.1, 0.15) is 5.75 Å². The molecule has 0 fully saturated rings. The predicted octanol–water partition coefficient (Wildman–Crippen LogP) is 3.06. The molecule has 0 aromatic heterocycles. The minimum Gasteiger partial charge on any atom is -0.506 e. The Morgan fingerprint density at radius 3 is 2.44 bits per heavy atom. The topological polar surface area (TPSA) is 46.2 Å². The first-order valence-corrected chi connectivity index (χ1v) is 5.44. The minimum atomic E-state index is -4.41. The van der Waals surface area contributed by atoms with Crippen LogP contribution >= 0.6 is 15.9 Å². The average molecular weight is 298 g/mol. The van der Waals surface area contributed by atoms with Crippen molar-refractivity contribution in [2.24, 2.45) is 5.73 Å². The number of hydrogen-bond donors (Lipinski definition) is 2. The van der Waals surface area contributed by atoms with Gasteiger partial charge in [0.2, 0.25) is 0 Å². The maximum absolute atomic E-state index is 12.5. The van der Waals surface area contributed by atoms with Crippen LogP contribution in [0.3, 0.4) is 0 Å². The van der Waals surface area contributed by atoms with Gasteiger partial charge in [-0.05, 0) is 53.0 Å². The van der Waals surface area contributed by atoms with Crippen LogP contribution in [0.25, 0.3) is 0 Å². The van der Waals surface area contributed by atoms with Gasteiger partial charge in [-0.1, -0.05) is 0 Å². The van der Waals surface area contributed by atoms with Gasteiger partial charge < -0.3 is 10.8 Å². The number of nitrogens with two attached hydrogens (primary N) is 1. The van der Waals surface area contributed by atoms with E-state index in [1.54, 1.807) is 0 Å². The highest BCUT2D eigenvalue weighted by Crippen LogP contribution is 2.37. The second-order valence-corrected chi connectivity index (χ2v) is 4.21. The molecule has 0 heterocycles. The maximum Gasteiger partial charge on any atom is 0.416 e. The Bertz CT molecular complexity index is 379. The van der Waals surface area contributed by atoms with Gasteiger partial charge >= 0.3 is 6.18 Å². The summed E-state index contributed by atoms with van der Waals surface area (Å²) < 4.78 is 37.5. The van der Waals surface area contributed by atoms with E-state index in [2.05, 4.69) is 15.9 Å². The van der Waals surface area contributed by atoms with Gasteiger partial charge in [-0.15, -0.1) is 0 Å². The quantitative estimate of drug-likeness (QED) is 0.901. The van der Waals surface area contributed by atoms with Crippen molar-refractivity contribution in [2.75, 3.05) is 6.54 Å². The summed E-state index contributed by atoms with van der Waals surface area (Å²) in [7, 11) is 0. The third kappa shape index (κ3) is 3.12. The first kappa shape index (κ1) is 13.3. The van der Waals surface area contributed by atoms with E-state index < -0.39 is 11.7 Å². The molecule has 1 aromatic rings.